The Balaban J connectivity index is 2.80. The van der Waals surface area contributed by atoms with E-state index in [2.05, 4.69) is 12.2 Å². The fraction of sp³-hybridized carbons (Fsp3) is 0.562. The predicted molar refractivity (Wildman–Crippen MR) is 90.1 cm³/mol. The monoisotopic (exact) mass is 342 g/mol. The van der Waals surface area contributed by atoms with Crippen LogP contribution in [0.25, 0.3) is 0 Å². The molecule has 0 aliphatic rings. The number of amides is 1. The van der Waals surface area contributed by atoms with Gasteiger partial charge in [-0.25, -0.2) is 8.42 Å². The molecular formula is C16H26N2O4S. The van der Waals surface area contributed by atoms with Gasteiger partial charge >= 0.3 is 0 Å². The van der Waals surface area contributed by atoms with Crippen LogP contribution < -0.4 is 10.1 Å². The van der Waals surface area contributed by atoms with Gasteiger partial charge < -0.3 is 10.1 Å². The van der Waals surface area contributed by atoms with Crippen LogP contribution in [0.1, 0.15) is 31.7 Å². The zero-order valence-electron chi connectivity index (χ0n) is 14.3. The van der Waals surface area contributed by atoms with Gasteiger partial charge in [-0.3, -0.25) is 4.79 Å². The average Bonchev–Trinajstić information content (AvgIpc) is 2.51. The summed E-state index contributed by atoms with van der Waals surface area (Å²) in [6.45, 7) is 4.23. The standard InChI is InChI=1S/C16H26N2O4S/c1-5-6-7-10-17-16(19)12-18(3)23(20,21)15-11-13(2)8-9-14(15)22-4/h8-9,11H,5-7,10,12H2,1-4H3,(H,17,19). The van der Waals surface area contributed by atoms with Gasteiger partial charge in [-0.15, -0.1) is 0 Å². The van der Waals surface area contributed by atoms with Crippen molar-refractivity contribution in [3.05, 3.63) is 23.8 Å². The number of sulfonamides is 1. The van der Waals surface area contributed by atoms with Gasteiger partial charge in [0.1, 0.15) is 10.6 Å². The zero-order valence-corrected chi connectivity index (χ0v) is 15.1. The summed E-state index contributed by atoms with van der Waals surface area (Å²) in [6, 6.07) is 4.93. The minimum atomic E-state index is -3.79. The molecule has 1 aromatic carbocycles. The first-order valence-electron chi connectivity index (χ1n) is 7.70. The first kappa shape index (κ1) is 19.4. The number of aryl methyl sites for hydroxylation is 1. The van der Waals surface area contributed by atoms with E-state index in [4.69, 9.17) is 4.74 Å². The van der Waals surface area contributed by atoms with E-state index < -0.39 is 10.0 Å². The lowest BCUT2D eigenvalue weighted by atomic mass is 10.2. The predicted octanol–water partition coefficient (Wildman–Crippen LogP) is 1.93. The van der Waals surface area contributed by atoms with Crippen LogP contribution in [-0.4, -0.2) is 45.9 Å². The molecule has 0 unspecified atom stereocenters. The third-order valence-corrected chi connectivity index (χ3v) is 5.30. The second-order valence-electron chi connectivity index (χ2n) is 5.47. The maximum Gasteiger partial charge on any atom is 0.246 e. The fourth-order valence-electron chi connectivity index (χ4n) is 2.10. The van der Waals surface area contributed by atoms with E-state index in [0.29, 0.717) is 6.54 Å². The van der Waals surface area contributed by atoms with E-state index in [9.17, 15) is 13.2 Å². The van der Waals surface area contributed by atoms with Gasteiger partial charge in [0.2, 0.25) is 15.9 Å². The average molecular weight is 342 g/mol. The normalized spacial score (nSPS) is 11.5. The summed E-state index contributed by atoms with van der Waals surface area (Å²) in [4.78, 5) is 11.9. The second-order valence-corrected chi connectivity index (χ2v) is 7.49. The summed E-state index contributed by atoms with van der Waals surface area (Å²) in [5.41, 5.74) is 0.807. The van der Waals surface area contributed by atoms with Gasteiger partial charge in [0.25, 0.3) is 0 Å². The molecule has 0 bridgehead atoms. The van der Waals surface area contributed by atoms with Gasteiger partial charge in [-0.05, 0) is 31.0 Å². The number of benzene rings is 1. The molecule has 1 rings (SSSR count). The molecule has 1 N–H and O–H groups in total. The summed E-state index contributed by atoms with van der Waals surface area (Å²) < 4.78 is 31.5. The van der Waals surface area contributed by atoms with Crippen molar-refractivity contribution in [3.8, 4) is 5.75 Å². The second kappa shape index (κ2) is 8.88. The topological polar surface area (TPSA) is 75.7 Å². The SMILES string of the molecule is CCCCCNC(=O)CN(C)S(=O)(=O)c1cc(C)ccc1OC. The number of methoxy groups -OCH3 is 1. The van der Waals surface area contributed by atoms with Gasteiger partial charge in [0.05, 0.1) is 13.7 Å². The molecule has 0 aliphatic carbocycles. The van der Waals surface area contributed by atoms with Crippen molar-refractivity contribution >= 4 is 15.9 Å². The smallest absolute Gasteiger partial charge is 0.246 e. The number of nitrogens with zero attached hydrogens (tertiary/aromatic N) is 1. The molecule has 0 saturated heterocycles. The Morgan fingerprint density at radius 1 is 1.30 bits per heavy atom. The van der Waals surface area contributed by atoms with Crippen molar-refractivity contribution in [2.45, 2.75) is 38.0 Å². The van der Waals surface area contributed by atoms with Crippen molar-refractivity contribution in [2.75, 3.05) is 27.2 Å². The lowest BCUT2D eigenvalue weighted by Crippen LogP contribution is -2.38. The molecule has 0 saturated carbocycles. The highest BCUT2D eigenvalue weighted by Crippen LogP contribution is 2.26. The highest BCUT2D eigenvalue weighted by Gasteiger charge is 2.26. The first-order valence-corrected chi connectivity index (χ1v) is 9.14. The molecule has 6 nitrogen and oxygen atoms in total. The molecule has 7 heteroatoms. The van der Waals surface area contributed by atoms with Gasteiger partial charge in [-0.2, -0.15) is 4.31 Å². The molecule has 0 aromatic heterocycles. The van der Waals surface area contributed by atoms with Crippen LogP contribution in [-0.2, 0) is 14.8 Å². The molecule has 1 amide bonds. The van der Waals surface area contributed by atoms with E-state index in [-0.39, 0.29) is 23.1 Å². The molecule has 0 radical (unpaired) electrons. The Morgan fingerprint density at radius 3 is 2.61 bits per heavy atom. The van der Waals surface area contributed by atoms with Crippen molar-refractivity contribution in [3.63, 3.8) is 0 Å². The molecule has 0 spiro atoms. The quantitative estimate of drug-likeness (QED) is 0.696. The number of unbranched alkanes of at least 4 members (excludes halogenated alkanes) is 2. The number of nitrogens with one attached hydrogen (secondary N) is 1. The third kappa shape index (κ3) is 5.51. The highest BCUT2D eigenvalue weighted by molar-refractivity contribution is 7.89. The Kier molecular flexibility index (Phi) is 7.51. The molecule has 23 heavy (non-hydrogen) atoms. The van der Waals surface area contributed by atoms with E-state index in [1.165, 1.54) is 14.2 Å². The Hall–Kier alpha value is -1.60. The van der Waals surface area contributed by atoms with Crippen molar-refractivity contribution < 1.29 is 17.9 Å². The van der Waals surface area contributed by atoms with E-state index >= 15 is 0 Å². The largest absolute Gasteiger partial charge is 0.495 e. The summed E-state index contributed by atoms with van der Waals surface area (Å²) in [5.74, 6) is -0.0374. The van der Waals surface area contributed by atoms with Crippen molar-refractivity contribution in [1.82, 2.24) is 9.62 Å². The minimum Gasteiger partial charge on any atom is -0.495 e. The van der Waals surface area contributed by atoms with Crippen LogP contribution >= 0.6 is 0 Å². The Morgan fingerprint density at radius 2 is 2.00 bits per heavy atom. The summed E-state index contributed by atoms with van der Waals surface area (Å²) >= 11 is 0. The summed E-state index contributed by atoms with van der Waals surface area (Å²) in [5, 5.41) is 2.74. The minimum absolute atomic E-state index is 0.0706. The van der Waals surface area contributed by atoms with Gasteiger partial charge in [0.15, 0.2) is 0 Å². The van der Waals surface area contributed by atoms with Crippen LogP contribution in [0.3, 0.4) is 0 Å². The van der Waals surface area contributed by atoms with Gasteiger partial charge in [0, 0.05) is 13.6 Å². The maximum atomic E-state index is 12.6. The summed E-state index contributed by atoms with van der Waals surface area (Å²) in [7, 11) is -0.975. The third-order valence-electron chi connectivity index (χ3n) is 3.48. The number of hydrogen-bond donors (Lipinski definition) is 1. The number of ether oxygens (including phenoxy) is 1. The lowest BCUT2D eigenvalue weighted by molar-refractivity contribution is -0.121. The van der Waals surface area contributed by atoms with E-state index in [1.54, 1.807) is 25.1 Å². The number of rotatable bonds is 9. The number of likely N-dealkylation sites (N-methyl/N-ethyl adjacent to an activating group) is 1. The van der Waals surface area contributed by atoms with Crippen LogP contribution in [0.2, 0.25) is 0 Å². The lowest BCUT2D eigenvalue weighted by Gasteiger charge is -2.19. The van der Waals surface area contributed by atoms with Crippen molar-refractivity contribution in [1.29, 1.82) is 0 Å². The molecular weight excluding hydrogens is 316 g/mol. The first-order chi connectivity index (χ1) is 10.8. The Bertz CT molecular complexity index is 629. The molecule has 130 valence electrons. The van der Waals surface area contributed by atoms with Crippen LogP contribution in [0, 0.1) is 6.92 Å². The van der Waals surface area contributed by atoms with E-state index in [1.807, 2.05) is 0 Å². The van der Waals surface area contributed by atoms with E-state index in [0.717, 1.165) is 29.1 Å². The fourth-order valence-corrected chi connectivity index (χ4v) is 3.46. The zero-order chi connectivity index (χ0) is 17.5. The molecule has 0 heterocycles. The molecule has 1 aromatic rings. The van der Waals surface area contributed by atoms with Crippen molar-refractivity contribution in [2.24, 2.45) is 0 Å². The van der Waals surface area contributed by atoms with Gasteiger partial charge in [-0.1, -0.05) is 25.8 Å². The van der Waals surface area contributed by atoms with Crippen LogP contribution in [0.15, 0.2) is 23.1 Å². The molecule has 0 aliphatic heterocycles. The molecule has 0 atom stereocenters. The number of carbonyl (C=O) groups excluding carboxylic acids is 1. The molecule has 0 fully saturated rings. The maximum absolute atomic E-state index is 12.6. The number of carbonyl (C=O) groups is 1. The Labute approximate surface area is 138 Å². The highest BCUT2D eigenvalue weighted by atomic mass is 32.2. The number of hydrogen-bond acceptors (Lipinski definition) is 4. The summed E-state index contributed by atoms with van der Waals surface area (Å²) in [6.07, 6.45) is 3.00. The van der Waals surface area contributed by atoms with Crippen LogP contribution in [0.4, 0.5) is 0 Å². The van der Waals surface area contributed by atoms with Crippen LogP contribution in [0.5, 0.6) is 5.75 Å².